The lowest BCUT2D eigenvalue weighted by Gasteiger charge is -2.24. The first-order valence-corrected chi connectivity index (χ1v) is 7.92. The van der Waals surface area contributed by atoms with E-state index in [-0.39, 0.29) is 18.0 Å². The van der Waals surface area contributed by atoms with Crippen molar-refractivity contribution < 1.29 is 4.79 Å². The second-order valence-electron chi connectivity index (χ2n) is 6.15. The third kappa shape index (κ3) is 3.58. The molecule has 2 atom stereocenters. The fourth-order valence-electron chi connectivity index (χ4n) is 3.12. The van der Waals surface area contributed by atoms with Crippen LogP contribution in [0.5, 0.6) is 0 Å². The number of hydrogen-bond donors (Lipinski definition) is 0. The van der Waals surface area contributed by atoms with Gasteiger partial charge in [-0.05, 0) is 26.6 Å². The molecule has 23 heavy (non-hydrogen) atoms. The van der Waals surface area contributed by atoms with Crippen molar-refractivity contribution in [2.45, 2.75) is 31.5 Å². The number of rotatable bonds is 6. The van der Waals surface area contributed by atoms with Crippen LogP contribution in [0.15, 0.2) is 30.9 Å². The zero-order chi connectivity index (χ0) is 16.2. The number of carbonyl (C=O) groups excluding carboxylic acids is 1. The maximum absolute atomic E-state index is 12.5. The molecule has 3 heterocycles. The highest BCUT2D eigenvalue weighted by Gasteiger charge is 2.37. The van der Waals surface area contributed by atoms with Gasteiger partial charge in [-0.2, -0.15) is 5.10 Å². The Kier molecular flexibility index (Phi) is 4.71. The molecule has 0 N–H and O–H groups in total. The predicted molar refractivity (Wildman–Crippen MR) is 84.6 cm³/mol. The molecule has 1 fully saturated rings. The summed E-state index contributed by atoms with van der Waals surface area (Å²) in [6, 6.07) is 2.31. The molecule has 1 aliphatic rings. The third-order valence-corrected chi connectivity index (χ3v) is 4.39. The molecule has 2 aromatic rings. The summed E-state index contributed by atoms with van der Waals surface area (Å²) in [5, 5.41) is 12.2. The fraction of sp³-hybridized carbons (Fsp3) is 0.600. The topological polar surface area (TPSA) is 72.1 Å². The molecule has 124 valence electrons. The Hall–Kier alpha value is -2.22. The van der Waals surface area contributed by atoms with E-state index in [9.17, 15) is 4.79 Å². The van der Waals surface area contributed by atoms with Gasteiger partial charge in [-0.1, -0.05) is 5.21 Å². The molecule has 0 bridgehead atoms. The highest BCUT2D eigenvalue weighted by atomic mass is 16.2. The van der Waals surface area contributed by atoms with E-state index in [1.807, 2.05) is 46.8 Å². The van der Waals surface area contributed by atoms with E-state index < -0.39 is 0 Å². The van der Waals surface area contributed by atoms with Crippen LogP contribution in [0.3, 0.4) is 0 Å². The minimum Gasteiger partial charge on any atom is -0.339 e. The average molecular weight is 317 g/mol. The molecule has 8 nitrogen and oxygen atoms in total. The molecule has 8 heteroatoms. The Morgan fingerprint density at radius 2 is 2.13 bits per heavy atom. The van der Waals surface area contributed by atoms with E-state index in [1.54, 1.807) is 12.4 Å². The van der Waals surface area contributed by atoms with Gasteiger partial charge in [0.1, 0.15) is 0 Å². The number of aromatic nitrogens is 5. The van der Waals surface area contributed by atoms with E-state index in [0.29, 0.717) is 13.0 Å². The van der Waals surface area contributed by atoms with E-state index in [0.717, 1.165) is 19.5 Å². The van der Waals surface area contributed by atoms with Crippen LogP contribution in [0.1, 0.15) is 18.9 Å². The predicted octanol–water partition coefficient (Wildman–Crippen LogP) is 0.268. The average Bonchev–Trinajstić information content (AvgIpc) is 3.27. The highest BCUT2D eigenvalue weighted by Crippen LogP contribution is 2.25. The van der Waals surface area contributed by atoms with Gasteiger partial charge >= 0.3 is 0 Å². The van der Waals surface area contributed by atoms with Crippen LogP contribution in [0.25, 0.3) is 0 Å². The SMILES string of the molecule is CN(C)[C@@H]1CN(C(=O)CCCn2cccn2)C[C@@H]1n1ccnn1. The van der Waals surface area contributed by atoms with E-state index in [4.69, 9.17) is 0 Å². The van der Waals surface area contributed by atoms with Gasteiger partial charge in [-0.25, -0.2) is 4.68 Å². The molecule has 0 aromatic carbocycles. The second-order valence-corrected chi connectivity index (χ2v) is 6.15. The number of likely N-dealkylation sites (tertiary alicyclic amines) is 1. The number of nitrogens with zero attached hydrogens (tertiary/aromatic N) is 7. The van der Waals surface area contributed by atoms with Crippen molar-refractivity contribution in [1.29, 1.82) is 0 Å². The van der Waals surface area contributed by atoms with E-state index >= 15 is 0 Å². The summed E-state index contributed by atoms with van der Waals surface area (Å²) in [4.78, 5) is 16.6. The quantitative estimate of drug-likeness (QED) is 0.765. The monoisotopic (exact) mass is 317 g/mol. The minimum absolute atomic E-state index is 0.155. The van der Waals surface area contributed by atoms with Crippen LogP contribution in [-0.2, 0) is 11.3 Å². The normalized spacial score (nSPS) is 21.3. The van der Waals surface area contributed by atoms with Crippen molar-refractivity contribution in [2.75, 3.05) is 27.2 Å². The largest absolute Gasteiger partial charge is 0.339 e. The molecular formula is C15H23N7O. The summed E-state index contributed by atoms with van der Waals surface area (Å²) in [5.41, 5.74) is 0. The lowest BCUT2D eigenvalue weighted by atomic mass is 10.1. The number of amides is 1. The maximum atomic E-state index is 12.5. The number of aryl methyl sites for hydroxylation is 1. The van der Waals surface area contributed by atoms with Crippen molar-refractivity contribution >= 4 is 5.91 Å². The molecule has 3 rings (SSSR count). The fourth-order valence-corrected chi connectivity index (χ4v) is 3.12. The number of likely N-dealkylation sites (N-methyl/N-ethyl adjacent to an activating group) is 1. The summed E-state index contributed by atoms with van der Waals surface area (Å²) in [6.07, 6.45) is 8.58. The maximum Gasteiger partial charge on any atom is 0.222 e. The van der Waals surface area contributed by atoms with Gasteiger partial charge in [-0.15, -0.1) is 5.10 Å². The van der Waals surface area contributed by atoms with Crippen molar-refractivity contribution in [1.82, 2.24) is 34.6 Å². The molecule has 1 saturated heterocycles. The van der Waals surface area contributed by atoms with Gasteiger partial charge in [0.05, 0.1) is 18.3 Å². The first kappa shape index (κ1) is 15.7. The third-order valence-electron chi connectivity index (χ3n) is 4.39. The van der Waals surface area contributed by atoms with Crippen molar-refractivity contribution in [3.63, 3.8) is 0 Å². The Morgan fingerprint density at radius 1 is 1.26 bits per heavy atom. The standard InChI is InChI=1S/C15H23N7O/c1-19(2)13-11-20(12-14(13)22-10-7-16-18-22)15(23)5-3-8-21-9-4-6-17-21/h4,6-7,9-10,13-14H,3,5,8,11-12H2,1-2H3/t13-,14+/m1/s1. The molecular weight excluding hydrogens is 294 g/mol. The smallest absolute Gasteiger partial charge is 0.222 e. The molecule has 0 radical (unpaired) electrons. The summed E-state index contributed by atoms with van der Waals surface area (Å²) in [6.45, 7) is 2.20. The number of hydrogen-bond acceptors (Lipinski definition) is 5. The van der Waals surface area contributed by atoms with Crippen molar-refractivity contribution in [2.24, 2.45) is 0 Å². The van der Waals surface area contributed by atoms with Gasteiger partial charge in [-0.3, -0.25) is 9.48 Å². The molecule has 0 spiro atoms. The molecule has 1 amide bonds. The summed E-state index contributed by atoms with van der Waals surface area (Å²) < 4.78 is 3.72. The lowest BCUT2D eigenvalue weighted by Crippen LogP contribution is -2.37. The van der Waals surface area contributed by atoms with Crippen LogP contribution < -0.4 is 0 Å². The second kappa shape index (κ2) is 6.91. The van der Waals surface area contributed by atoms with Crippen LogP contribution in [0.4, 0.5) is 0 Å². The van der Waals surface area contributed by atoms with Crippen LogP contribution >= 0.6 is 0 Å². The van der Waals surface area contributed by atoms with Gasteiger partial charge in [0.25, 0.3) is 0 Å². The molecule has 0 saturated carbocycles. The van der Waals surface area contributed by atoms with E-state index in [2.05, 4.69) is 20.3 Å². The van der Waals surface area contributed by atoms with Gasteiger partial charge in [0.2, 0.25) is 5.91 Å². The Balaban J connectivity index is 1.56. The van der Waals surface area contributed by atoms with E-state index in [1.165, 1.54) is 0 Å². The highest BCUT2D eigenvalue weighted by molar-refractivity contribution is 5.76. The summed E-state index contributed by atoms with van der Waals surface area (Å²) in [7, 11) is 4.08. The summed E-state index contributed by atoms with van der Waals surface area (Å²) in [5.74, 6) is 0.201. The summed E-state index contributed by atoms with van der Waals surface area (Å²) >= 11 is 0. The Bertz CT molecular complexity index is 608. The molecule has 0 aliphatic carbocycles. The lowest BCUT2D eigenvalue weighted by molar-refractivity contribution is -0.130. The first-order valence-electron chi connectivity index (χ1n) is 7.92. The zero-order valence-corrected chi connectivity index (χ0v) is 13.6. The number of carbonyl (C=O) groups is 1. The van der Waals surface area contributed by atoms with Gasteiger partial charge in [0, 0.05) is 44.6 Å². The van der Waals surface area contributed by atoms with Crippen LogP contribution in [0, 0.1) is 0 Å². The van der Waals surface area contributed by atoms with Crippen molar-refractivity contribution in [3.05, 3.63) is 30.9 Å². The molecule has 0 unspecified atom stereocenters. The van der Waals surface area contributed by atoms with Crippen molar-refractivity contribution in [3.8, 4) is 0 Å². The van der Waals surface area contributed by atoms with Gasteiger partial charge in [0.15, 0.2) is 0 Å². The minimum atomic E-state index is 0.155. The Morgan fingerprint density at radius 3 is 2.78 bits per heavy atom. The Labute approximate surface area is 135 Å². The zero-order valence-electron chi connectivity index (χ0n) is 13.6. The first-order chi connectivity index (χ1) is 11.1. The molecule has 1 aliphatic heterocycles. The van der Waals surface area contributed by atoms with Gasteiger partial charge < -0.3 is 9.80 Å². The molecule has 2 aromatic heterocycles. The van der Waals surface area contributed by atoms with Crippen LogP contribution in [0.2, 0.25) is 0 Å². The van der Waals surface area contributed by atoms with Crippen LogP contribution in [-0.4, -0.2) is 73.7 Å².